The number of aromatic hydroxyl groups is 1. The molecule has 1 amide bonds. The minimum Gasteiger partial charge on any atom is -0.502 e. The van der Waals surface area contributed by atoms with Gasteiger partial charge in [-0.3, -0.25) is 14.9 Å². The van der Waals surface area contributed by atoms with E-state index in [2.05, 4.69) is 37.9 Å². The Balaban J connectivity index is 2.53. The minimum absolute atomic E-state index is 0.271. The maximum Gasteiger partial charge on any atom is 0.312 e. The van der Waals surface area contributed by atoms with Crippen molar-refractivity contribution < 1.29 is 14.8 Å². The third-order valence-corrected chi connectivity index (χ3v) is 3.89. The van der Waals surface area contributed by atoms with Crippen LogP contribution in [0.4, 0.5) is 11.4 Å². The zero-order valence-electron chi connectivity index (χ0n) is 11.4. The standard InChI is InChI=1S/C15H8Br2N2O4/c1-2-18(11-5-3-9(16)4-6-11)15(21)12-7-10(17)8-13(14(12)20)19(22)23/h1,3-8,20H. The van der Waals surface area contributed by atoms with Crippen molar-refractivity contribution in [1.29, 1.82) is 0 Å². The van der Waals surface area contributed by atoms with Gasteiger partial charge in [-0.05, 0) is 30.3 Å². The average molecular weight is 440 g/mol. The highest BCUT2D eigenvalue weighted by Gasteiger charge is 2.26. The van der Waals surface area contributed by atoms with E-state index in [1.165, 1.54) is 6.07 Å². The molecule has 0 saturated carbocycles. The molecule has 0 aliphatic rings. The van der Waals surface area contributed by atoms with E-state index >= 15 is 0 Å². The Morgan fingerprint density at radius 3 is 2.35 bits per heavy atom. The van der Waals surface area contributed by atoms with Crippen molar-refractivity contribution in [2.75, 3.05) is 4.90 Å². The summed E-state index contributed by atoms with van der Waals surface area (Å²) in [6.07, 6.45) is 5.38. The van der Waals surface area contributed by atoms with E-state index in [4.69, 9.17) is 6.42 Å². The van der Waals surface area contributed by atoms with E-state index in [1.54, 1.807) is 24.3 Å². The number of carbonyl (C=O) groups is 1. The van der Waals surface area contributed by atoms with Gasteiger partial charge in [-0.15, -0.1) is 0 Å². The summed E-state index contributed by atoms with van der Waals surface area (Å²) in [7, 11) is 0. The predicted octanol–water partition coefficient (Wildman–Crippen LogP) is 4.06. The number of anilines is 1. The molecule has 6 nitrogen and oxygen atoms in total. The second-order valence-electron chi connectivity index (χ2n) is 4.32. The highest BCUT2D eigenvalue weighted by Crippen LogP contribution is 2.34. The van der Waals surface area contributed by atoms with E-state index in [9.17, 15) is 20.0 Å². The van der Waals surface area contributed by atoms with E-state index in [0.29, 0.717) is 5.69 Å². The molecule has 0 aliphatic heterocycles. The molecule has 2 aromatic rings. The van der Waals surface area contributed by atoms with Gasteiger partial charge in [0.05, 0.1) is 16.2 Å². The van der Waals surface area contributed by atoms with Crippen LogP contribution in [0, 0.1) is 22.6 Å². The maximum atomic E-state index is 12.6. The van der Waals surface area contributed by atoms with Gasteiger partial charge in [0.2, 0.25) is 5.75 Å². The monoisotopic (exact) mass is 438 g/mol. The summed E-state index contributed by atoms with van der Waals surface area (Å²) < 4.78 is 1.07. The fourth-order valence-corrected chi connectivity index (χ4v) is 2.56. The number of hydrogen-bond donors (Lipinski definition) is 1. The van der Waals surface area contributed by atoms with Crippen molar-refractivity contribution in [3.8, 4) is 18.2 Å². The molecular formula is C15H8Br2N2O4. The number of halogens is 2. The third-order valence-electron chi connectivity index (χ3n) is 2.90. The number of nitro groups is 1. The normalized spacial score (nSPS) is 9.96. The largest absolute Gasteiger partial charge is 0.502 e. The average Bonchev–Trinajstić information content (AvgIpc) is 2.51. The zero-order valence-corrected chi connectivity index (χ0v) is 14.5. The Morgan fingerprint density at radius 1 is 1.22 bits per heavy atom. The van der Waals surface area contributed by atoms with Crippen molar-refractivity contribution in [3.63, 3.8) is 0 Å². The summed E-state index contributed by atoms with van der Waals surface area (Å²) in [5.74, 6) is -1.49. The first-order valence-corrected chi connectivity index (χ1v) is 7.67. The third kappa shape index (κ3) is 3.52. The molecular weight excluding hydrogens is 432 g/mol. The lowest BCUT2D eigenvalue weighted by Crippen LogP contribution is -2.25. The first-order chi connectivity index (χ1) is 10.8. The maximum absolute atomic E-state index is 12.6. The van der Waals surface area contributed by atoms with E-state index in [0.717, 1.165) is 15.4 Å². The van der Waals surface area contributed by atoms with Gasteiger partial charge < -0.3 is 5.11 Å². The Kier molecular flexibility index (Phi) is 5.03. The van der Waals surface area contributed by atoms with Crippen LogP contribution in [0.5, 0.6) is 5.75 Å². The molecule has 0 radical (unpaired) electrons. The van der Waals surface area contributed by atoms with Crippen molar-refractivity contribution in [2.24, 2.45) is 0 Å². The lowest BCUT2D eigenvalue weighted by molar-refractivity contribution is -0.386. The van der Waals surface area contributed by atoms with Gasteiger partial charge >= 0.3 is 5.69 Å². The molecule has 2 aromatic carbocycles. The first-order valence-electron chi connectivity index (χ1n) is 6.08. The number of nitrogens with zero attached hydrogens (tertiary/aromatic N) is 2. The van der Waals surface area contributed by atoms with Gasteiger partial charge in [-0.2, -0.15) is 0 Å². The van der Waals surface area contributed by atoms with Gasteiger partial charge in [-0.1, -0.05) is 38.3 Å². The van der Waals surface area contributed by atoms with Crippen molar-refractivity contribution in [3.05, 3.63) is 61.0 Å². The molecule has 0 aromatic heterocycles. The Bertz CT molecular complexity index is 829. The molecule has 1 N–H and O–H groups in total. The Hall–Kier alpha value is -2.37. The fourth-order valence-electron chi connectivity index (χ4n) is 1.85. The highest BCUT2D eigenvalue weighted by atomic mass is 79.9. The highest BCUT2D eigenvalue weighted by molar-refractivity contribution is 9.10. The van der Waals surface area contributed by atoms with Crippen LogP contribution in [-0.2, 0) is 0 Å². The molecule has 8 heteroatoms. The van der Waals surface area contributed by atoms with Crippen LogP contribution in [0.2, 0.25) is 0 Å². The van der Waals surface area contributed by atoms with Crippen LogP contribution in [0.25, 0.3) is 0 Å². The summed E-state index contributed by atoms with van der Waals surface area (Å²) in [5, 5.41) is 21.0. The molecule has 0 heterocycles. The number of phenolic OH excluding ortho intramolecular Hbond substituents is 1. The number of nitro benzene ring substituents is 1. The Labute approximate surface area is 148 Å². The van der Waals surface area contributed by atoms with Crippen LogP contribution in [0.15, 0.2) is 45.3 Å². The number of benzene rings is 2. The summed E-state index contributed by atoms with van der Waals surface area (Å²) in [6, 6.07) is 11.2. The molecule has 0 atom stereocenters. The van der Waals surface area contributed by atoms with Crippen LogP contribution < -0.4 is 4.90 Å². The van der Waals surface area contributed by atoms with Gasteiger partial charge in [0, 0.05) is 21.1 Å². The van der Waals surface area contributed by atoms with Gasteiger partial charge in [0.25, 0.3) is 5.91 Å². The lowest BCUT2D eigenvalue weighted by Gasteiger charge is -2.16. The minimum atomic E-state index is -0.781. The van der Waals surface area contributed by atoms with Gasteiger partial charge in [0.15, 0.2) is 0 Å². The van der Waals surface area contributed by atoms with Crippen molar-refractivity contribution in [2.45, 2.75) is 0 Å². The second-order valence-corrected chi connectivity index (χ2v) is 6.16. The van der Waals surface area contributed by atoms with Crippen molar-refractivity contribution in [1.82, 2.24) is 0 Å². The molecule has 23 heavy (non-hydrogen) atoms. The number of hydrogen-bond acceptors (Lipinski definition) is 4. The summed E-state index contributed by atoms with van der Waals surface area (Å²) in [4.78, 5) is 23.7. The van der Waals surface area contributed by atoms with Gasteiger partial charge in [0.1, 0.15) is 0 Å². The van der Waals surface area contributed by atoms with Crippen LogP contribution in [0.3, 0.4) is 0 Å². The number of phenols is 1. The molecule has 0 bridgehead atoms. The van der Waals surface area contributed by atoms with Crippen LogP contribution in [-0.4, -0.2) is 15.9 Å². The summed E-state index contributed by atoms with van der Waals surface area (Å²) in [6.45, 7) is 0. The first kappa shape index (κ1) is 17.0. The quantitative estimate of drug-likeness (QED) is 0.338. The topological polar surface area (TPSA) is 83.7 Å². The van der Waals surface area contributed by atoms with E-state index < -0.39 is 22.3 Å². The molecule has 116 valence electrons. The molecule has 0 unspecified atom stereocenters. The van der Waals surface area contributed by atoms with E-state index in [1.807, 2.05) is 0 Å². The number of carbonyl (C=O) groups excluding carboxylic acids is 1. The lowest BCUT2D eigenvalue weighted by atomic mass is 10.1. The van der Waals surface area contributed by atoms with Crippen LogP contribution >= 0.6 is 31.9 Å². The zero-order chi connectivity index (χ0) is 17.1. The molecule has 0 aliphatic carbocycles. The summed E-state index contributed by atoms with van der Waals surface area (Å²) in [5.41, 5.74) is -0.467. The van der Waals surface area contributed by atoms with E-state index in [-0.39, 0.29) is 10.0 Å². The second kappa shape index (κ2) is 6.81. The molecule has 2 rings (SSSR count). The predicted molar refractivity (Wildman–Crippen MR) is 92.2 cm³/mol. The smallest absolute Gasteiger partial charge is 0.312 e. The van der Waals surface area contributed by atoms with Crippen molar-refractivity contribution >= 4 is 49.1 Å². The number of rotatable bonds is 3. The van der Waals surface area contributed by atoms with Crippen LogP contribution in [0.1, 0.15) is 10.4 Å². The molecule has 0 saturated heterocycles. The SMILES string of the molecule is C#CN(C(=O)c1cc(Br)cc([N+](=O)[O-])c1O)c1ccc(Br)cc1. The van der Waals surface area contributed by atoms with Gasteiger partial charge in [-0.25, -0.2) is 4.90 Å². The molecule has 0 spiro atoms. The number of amides is 1. The molecule has 0 fully saturated rings. The Morgan fingerprint density at radius 2 is 1.83 bits per heavy atom. The summed E-state index contributed by atoms with van der Waals surface area (Å²) >= 11 is 6.35. The number of terminal acetylenes is 1. The fraction of sp³-hybridized carbons (Fsp3) is 0.